The summed E-state index contributed by atoms with van der Waals surface area (Å²) < 4.78 is 0. The normalized spacial score (nSPS) is 18.8. The summed E-state index contributed by atoms with van der Waals surface area (Å²) in [7, 11) is 0. The molecule has 0 radical (unpaired) electrons. The second-order valence-electron chi connectivity index (χ2n) is 5.33. The molecule has 1 heterocycles. The Kier molecular flexibility index (Phi) is 3.69. The lowest BCUT2D eigenvalue weighted by atomic mass is 10.3. The Morgan fingerprint density at radius 1 is 1.28 bits per heavy atom. The van der Waals surface area contributed by atoms with Crippen molar-refractivity contribution >= 4 is 11.3 Å². The molecule has 2 aliphatic carbocycles. The third kappa shape index (κ3) is 3.35. The zero-order valence-corrected chi connectivity index (χ0v) is 11.4. The smallest absolute Gasteiger partial charge is 0.104 e. The van der Waals surface area contributed by atoms with Crippen molar-refractivity contribution < 1.29 is 5.11 Å². The molecular formula is C15H19NOS. The lowest BCUT2D eigenvalue weighted by Crippen LogP contribution is -2.27. The predicted octanol–water partition coefficient (Wildman–Crippen LogP) is 2.47. The van der Waals surface area contributed by atoms with Crippen LogP contribution in [0.4, 0.5) is 0 Å². The van der Waals surface area contributed by atoms with Gasteiger partial charge < -0.3 is 5.11 Å². The minimum absolute atomic E-state index is 0.0525. The molecule has 2 saturated carbocycles. The van der Waals surface area contributed by atoms with E-state index in [1.165, 1.54) is 37.1 Å². The molecule has 1 aromatic heterocycles. The molecule has 0 spiro atoms. The maximum absolute atomic E-state index is 8.69. The van der Waals surface area contributed by atoms with Gasteiger partial charge in [0.05, 0.1) is 4.88 Å². The van der Waals surface area contributed by atoms with Crippen molar-refractivity contribution in [2.45, 2.75) is 38.3 Å². The highest BCUT2D eigenvalue weighted by Gasteiger charge is 2.33. The van der Waals surface area contributed by atoms with E-state index < -0.39 is 0 Å². The van der Waals surface area contributed by atoms with Gasteiger partial charge in [-0.05, 0) is 43.7 Å². The molecule has 3 heteroatoms. The van der Waals surface area contributed by atoms with Gasteiger partial charge in [-0.3, -0.25) is 4.90 Å². The average Bonchev–Trinajstić information content (AvgIpc) is 3.26. The number of hydrogen-bond acceptors (Lipinski definition) is 3. The SMILES string of the molecule is OCC#Cc1ccc(CN(CC2CC2)C2CC2)s1. The fraction of sp³-hybridized carbons (Fsp3) is 0.600. The molecular weight excluding hydrogens is 242 g/mol. The molecule has 2 nitrogen and oxygen atoms in total. The molecule has 0 bridgehead atoms. The second kappa shape index (κ2) is 5.44. The summed E-state index contributed by atoms with van der Waals surface area (Å²) >= 11 is 1.77. The van der Waals surface area contributed by atoms with Crippen LogP contribution in [0.5, 0.6) is 0 Å². The van der Waals surface area contributed by atoms with Gasteiger partial charge in [0.25, 0.3) is 0 Å². The highest BCUT2D eigenvalue weighted by molar-refractivity contribution is 7.12. The quantitative estimate of drug-likeness (QED) is 0.823. The average molecular weight is 261 g/mol. The minimum atomic E-state index is -0.0525. The van der Waals surface area contributed by atoms with Crippen LogP contribution in [-0.4, -0.2) is 29.2 Å². The molecule has 2 fully saturated rings. The molecule has 0 atom stereocenters. The molecule has 0 unspecified atom stereocenters. The van der Waals surface area contributed by atoms with Crippen LogP contribution in [0.25, 0.3) is 0 Å². The summed E-state index contributed by atoms with van der Waals surface area (Å²) in [6, 6.07) is 5.11. The fourth-order valence-electron chi connectivity index (χ4n) is 2.27. The molecule has 2 aliphatic rings. The van der Waals surface area contributed by atoms with Gasteiger partial charge in [0.1, 0.15) is 6.61 Å². The van der Waals surface area contributed by atoms with E-state index in [-0.39, 0.29) is 6.61 Å². The topological polar surface area (TPSA) is 23.5 Å². The highest BCUT2D eigenvalue weighted by atomic mass is 32.1. The first kappa shape index (κ1) is 12.2. The van der Waals surface area contributed by atoms with E-state index in [1.807, 2.05) is 0 Å². The summed E-state index contributed by atoms with van der Waals surface area (Å²) in [5, 5.41) is 8.69. The van der Waals surface area contributed by atoms with Gasteiger partial charge in [-0.2, -0.15) is 0 Å². The van der Waals surface area contributed by atoms with E-state index in [2.05, 4.69) is 28.9 Å². The maximum atomic E-state index is 8.69. The Morgan fingerprint density at radius 2 is 2.11 bits per heavy atom. The van der Waals surface area contributed by atoms with Crippen molar-refractivity contribution in [3.05, 3.63) is 21.9 Å². The van der Waals surface area contributed by atoms with Crippen molar-refractivity contribution in [2.75, 3.05) is 13.2 Å². The molecule has 1 N–H and O–H groups in total. The van der Waals surface area contributed by atoms with Gasteiger partial charge in [0.15, 0.2) is 0 Å². The van der Waals surface area contributed by atoms with Crippen molar-refractivity contribution in [2.24, 2.45) is 5.92 Å². The lowest BCUT2D eigenvalue weighted by molar-refractivity contribution is 0.246. The van der Waals surface area contributed by atoms with Gasteiger partial charge in [-0.15, -0.1) is 11.3 Å². The third-order valence-corrected chi connectivity index (χ3v) is 4.55. The Morgan fingerprint density at radius 3 is 2.78 bits per heavy atom. The number of hydrogen-bond donors (Lipinski definition) is 1. The summed E-state index contributed by atoms with van der Waals surface area (Å²) in [6.45, 7) is 2.33. The first-order valence-corrected chi connectivity index (χ1v) is 7.59. The van der Waals surface area contributed by atoms with Crippen LogP contribution in [0.2, 0.25) is 0 Å². The Hall–Kier alpha value is -0.820. The fourth-order valence-corrected chi connectivity index (χ4v) is 3.18. The van der Waals surface area contributed by atoms with E-state index in [9.17, 15) is 0 Å². The number of rotatable bonds is 5. The molecule has 18 heavy (non-hydrogen) atoms. The molecule has 0 aliphatic heterocycles. The van der Waals surface area contributed by atoms with Crippen molar-refractivity contribution in [3.63, 3.8) is 0 Å². The van der Waals surface area contributed by atoms with Crippen LogP contribution in [0, 0.1) is 17.8 Å². The van der Waals surface area contributed by atoms with Crippen molar-refractivity contribution in [1.29, 1.82) is 0 Å². The highest BCUT2D eigenvalue weighted by Crippen LogP contribution is 2.36. The van der Waals surface area contributed by atoms with Crippen LogP contribution in [0.1, 0.15) is 35.4 Å². The van der Waals surface area contributed by atoms with Crippen LogP contribution in [-0.2, 0) is 6.54 Å². The molecule has 1 aromatic rings. The van der Waals surface area contributed by atoms with E-state index >= 15 is 0 Å². The van der Waals surface area contributed by atoms with Gasteiger partial charge in [0.2, 0.25) is 0 Å². The van der Waals surface area contributed by atoms with Crippen LogP contribution in [0.3, 0.4) is 0 Å². The minimum Gasteiger partial charge on any atom is -0.384 e. The second-order valence-corrected chi connectivity index (χ2v) is 6.50. The molecule has 96 valence electrons. The first-order chi connectivity index (χ1) is 8.85. The zero-order valence-electron chi connectivity index (χ0n) is 10.6. The monoisotopic (exact) mass is 261 g/mol. The summed E-state index contributed by atoms with van der Waals surface area (Å²) in [5.41, 5.74) is 0. The van der Waals surface area contributed by atoms with Crippen LogP contribution < -0.4 is 0 Å². The molecule has 3 rings (SSSR count). The molecule has 0 aromatic carbocycles. The van der Waals surface area contributed by atoms with E-state index in [4.69, 9.17) is 5.11 Å². The standard InChI is InChI=1S/C15H19NOS/c17-9-1-2-14-7-8-15(18-14)11-16(13-5-6-13)10-12-3-4-12/h7-8,12-13,17H,3-6,9-11H2. The molecule has 0 amide bonds. The molecule has 0 saturated heterocycles. The number of aliphatic hydroxyl groups excluding tert-OH is 1. The Bertz CT molecular complexity index is 462. The van der Waals surface area contributed by atoms with Gasteiger partial charge >= 0.3 is 0 Å². The summed E-state index contributed by atoms with van der Waals surface area (Å²) in [4.78, 5) is 5.14. The predicted molar refractivity (Wildman–Crippen MR) is 74.4 cm³/mol. The first-order valence-electron chi connectivity index (χ1n) is 6.77. The number of aliphatic hydroxyl groups is 1. The Balaban J connectivity index is 1.60. The van der Waals surface area contributed by atoms with E-state index in [0.29, 0.717) is 0 Å². The van der Waals surface area contributed by atoms with Gasteiger partial charge in [-0.1, -0.05) is 11.8 Å². The maximum Gasteiger partial charge on any atom is 0.104 e. The van der Waals surface area contributed by atoms with Gasteiger partial charge in [-0.25, -0.2) is 0 Å². The lowest BCUT2D eigenvalue weighted by Gasteiger charge is -2.20. The summed E-state index contributed by atoms with van der Waals surface area (Å²) in [5.74, 6) is 6.67. The van der Waals surface area contributed by atoms with E-state index in [1.54, 1.807) is 11.3 Å². The largest absolute Gasteiger partial charge is 0.384 e. The zero-order chi connectivity index (χ0) is 12.4. The van der Waals surface area contributed by atoms with Crippen molar-refractivity contribution in [1.82, 2.24) is 4.90 Å². The van der Waals surface area contributed by atoms with Crippen molar-refractivity contribution in [3.8, 4) is 11.8 Å². The Labute approximate surface area is 113 Å². The third-order valence-electron chi connectivity index (χ3n) is 3.56. The van der Waals surface area contributed by atoms with Gasteiger partial charge in [0, 0.05) is 24.0 Å². The van der Waals surface area contributed by atoms with E-state index in [0.717, 1.165) is 23.4 Å². The summed E-state index contributed by atoms with van der Waals surface area (Å²) in [6.07, 6.45) is 5.63. The number of thiophene rings is 1. The number of nitrogens with zero attached hydrogens (tertiary/aromatic N) is 1. The van der Waals surface area contributed by atoms with Crippen LogP contribution >= 0.6 is 11.3 Å². The van der Waals surface area contributed by atoms with Crippen LogP contribution in [0.15, 0.2) is 12.1 Å².